The van der Waals surface area contributed by atoms with Gasteiger partial charge in [0.2, 0.25) is 0 Å². The third-order valence-corrected chi connectivity index (χ3v) is 6.97. The zero-order valence-corrected chi connectivity index (χ0v) is 20.4. The molecule has 1 saturated heterocycles. The van der Waals surface area contributed by atoms with Crippen molar-refractivity contribution in [2.75, 3.05) is 6.54 Å². The second-order valence-electron chi connectivity index (χ2n) is 8.99. The lowest BCUT2D eigenvalue weighted by atomic mass is 9.88. The number of hydrogen-bond donors (Lipinski definition) is 1. The highest BCUT2D eigenvalue weighted by Crippen LogP contribution is 2.34. The number of rotatable bonds is 5. The van der Waals surface area contributed by atoms with Crippen molar-refractivity contribution in [3.05, 3.63) is 100 Å². The lowest BCUT2D eigenvalue weighted by Crippen LogP contribution is -2.41. The van der Waals surface area contributed by atoms with Crippen molar-refractivity contribution >= 4 is 40.1 Å². The lowest BCUT2D eigenvalue weighted by Gasteiger charge is -2.24. The Bertz CT molecular complexity index is 1500. The van der Waals surface area contributed by atoms with Crippen LogP contribution in [-0.4, -0.2) is 33.7 Å². The van der Waals surface area contributed by atoms with Crippen LogP contribution in [0.25, 0.3) is 16.5 Å². The molecule has 0 unspecified atom stereocenters. The number of Topliss-reactive ketones (excluding diaryl/α,β-unsaturated/α-hetero) is 1. The summed E-state index contributed by atoms with van der Waals surface area (Å²) in [5.41, 5.74) is 2.38. The van der Waals surface area contributed by atoms with Gasteiger partial charge in [-0.1, -0.05) is 54.1 Å². The third kappa shape index (κ3) is 3.70. The minimum atomic E-state index is -1.27. The third-order valence-electron chi connectivity index (χ3n) is 6.72. The number of amides is 3. The van der Waals surface area contributed by atoms with Crippen molar-refractivity contribution in [1.82, 2.24) is 14.8 Å². The van der Waals surface area contributed by atoms with E-state index in [1.807, 2.05) is 73.0 Å². The van der Waals surface area contributed by atoms with Gasteiger partial charge in [0.1, 0.15) is 5.54 Å². The van der Waals surface area contributed by atoms with Crippen LogP contribution in [0.15, 0.2) is 72.8 Å². The average molecular weight is 486 g/mol. The summed E-state index contributed by atoms with van der Waals surface area (Å²) in [6.45, 7) is 5.10. The average Bonchev–Trinajstić information content (AvgIpc) is 3.26. The molecule has 0 saturated carbocycles. The first-order valence-electron chi connectivity index (χ1n) is 11.3. The van der Waals surface area contributed by atoms with E-state index in [4.69, 9.17) is 11.6 Å². The predicted molar refractivity (Wildman–Crippen MR) is 136 cm³/mol. The standard InChI is InChI=1S/C28H24ClN3O3/c1-17-15-23(18(2)32(17)21-13-11-20(29)12-14-21)25(33)16-31-26(34)28(3,30-27(31)35)24-10-6-8-19-7-4-5-9-22(19)24/h4-15H,16H2,1-3H3,(H,30,35)/t28-/m0/s1. The maximum absolute atomic E-state index is 13.5. The summed E-state index contributed by atoms with van der Waals surface area (Å²) in [6.07, 6.45) is 0. The highest BCUT2D eigenvalue weighted by Gasteiger charge is 2.50. The van der Waals surface area contributed by atoms with E-state index in [1.54, 1.807) is 25.1 Å². The smallest absolute Gasteiger partial charge is 0.319 e. The molecule has 3 aromatic carbocycles. The first kappa shape index (κ1) is 22.9. The zero-order valence-electron chi connectivity index (χ0n) is 19.6. The second kappa shape index (κ2) is 8.40. The Hall–Kier alpha value is -3.90. The van der Waals surface area contributed by atoms with Crippen LogP contribution in [0.1, 0.15) is 34.2 Å². The maximum atomic E-state index is 13.5. The summed E-state index contributed by atoms with van der Waals surface area (Å²) in [5.74, 6) is -0.748. The summed E-state index contributed by atoms with van der Waals surface area (Å²) in [4.78, 5) is 40.8. The summed E-state index contributed by atoms with van der Waals surface area (Å²) >= 11 is 6.02. The molecule has 1 aliphatic heterocycles. The molecule has 1 atom stereocenters. The molecule has 0 aliphatic carbocycles. The lowest BCUT2D eigenvalue weighted by molar-refractivity contribution is -0.130. The van der Waals surface area contributed by atoms with E-state index >= 15 is 0 Å². The van der Waals surface area contributed by atoms with E-state index in [0.717, 1.165) is 32.7 Å². The largest absolute Gasteiger partial charge is 0.325 e. The molecule has 4 aromatic rings. The summed E-state index contributed by atoms with van der Waals surface area (Å²) in [5, 5.41) is 5.30. The van der Waals surface area contributed by atoms with Gasteiger partial charge in [0.15, 0.2) is 5.78 Å². The molecule has 2 heterocycles. The number of hydrogen-bond acceptors (Lipinski definition) is 3. The Balaban J connectivity index is 1.45. The summed E-state index contributed by atoms with van der Waals surface area (Å²) in [7, 11) is 0. The number of aromatic nitrogens is 1. The number of imide groups is 1. The van der Waals surface area contributed by atoms with Crippen LogP contribution in [0, 0.1) is 13.8 Å². The van der Waals surface area contributed by atoms with Crippen LogP contribution < -0.4 is 5.32 Å². The number of urea groups is 1. The SMILES string of the molecule is Cc1cc(C(=O)CN2C(=O)N[C@@](C)(c3cccc4ccccc34)C2=O)c(C)n1-c1ccc(Cl)cc1. The molecule has 1 aliphatic rings. The molecule has 3 amide bonds. The number of aryl methyl sites for hydroxylation is 1. The Morgan fingerprint density at radius 1 is 0.971 bits per heavy atom. The normalized spacial score (nSPS) is 17.8. The molecule has 176 valence electrons. The van der Waals surface area contributed by atoms with Crippen molar-refractivity contribution in [1.29, 1.82) is 0 Å². The van der Waals surface area contributed by atoms with Gasteiger partial charge in [-0.25, -0.2) is 4.79 Å². The van der Waals surface area contributed by atoms with Crippen molar-refractivity contribution in [2.45, 2.75) is 26.3 Å². The first-order valence-corrected chi connectivity index (χ1v) is 11.7. The Morgan fingerprint density at radius 3 is 2.40 bits per heavy atom. The molecule has 6 nitrogen and oxygen atoms in total. The molecule has 35 heavy (non-hydrogen) atoms. The van der Waals surface area contributed by atoms with E-state index in [0.29, 0.717) is 16.1 Å². The van der Waals surface area contributed by atoms with Gasteiger partial charge in [0.25, 0.3) is 5.91 Å². The molecule has 5 rings (SSSR count). The number of fused-ring (bicyclic) bond motifs is 1. The highest BCUT2D eigenvalue weighted by atomic mass is 35.5. The number of nitrogens with one attached hydrogen (secondary N) is 1. The molecule has 1 aromatic heterocycles. The fourth-order valence-corrected chi connectivity index (χ4v) is 5.07. The summed E-state index contributed by atoms with van der Waals surface area (Å²) < 4.78 is 1.95. The molecule has 1 fully saturated rings. The number of carbonyl (C=O) groups excluding carboxylic acids is 3. The molecule has 0 bridgehead atoms. The van der Waals surface area contributed by atoms with Crippen LogP contribution in [0.4, 0.5) is 4.79 Å². The van der Waals surface area contributed by atoms with Crippen LogP contribution >= 0.6 is 11.6 Å². The topological polar surface area (TPSA) is 71.4 Å². The van der Waals surface area contributed by atoms with Gasteiger partial charge in [0.05, 0.1) is 6.54 Å². The van der Waals surface area contributed by atoms with Gasteiger partial charge in [-0.2, -0.15) is 0 Å². The zero-order chi connectivity index (χ0) is 24.9. The monoisotopic (exact) mass is 485 g/mol. The highest BCUT2D eigenvalue weighted by molar-refractivity contribution is 6.30. The second-order valence-corrected chi connectivity index (χ2v) is 9.43. The van der Waals surface area contributed by atoms with Crippen LogP contribution in [-0.2, 0) is 10.3 Å². The molecular formula is C28H24ClN3O3. The molecule has 7 heteroatoms. The Labute approximate surface area is 208 Å². The first-order chi connectivity index (χ1) is 16.7. The quantitative estimate of drug-likeness (QED) is 0.297. The van der Waals surface area contributed by atoms with Crippen molar-refractivity contribution in [3.63, 3.8) is 0 Å². The Kier molecular flexibility index (Phi) is 5.49. The fraction of sp³-hybridized carbons (Fsp3) is 0.179. The number of nitrogens with zero attached hydrogens (tertiary/aromatic N) is 2. The van der Waals surface area contributed by atoms with Crippen molar-refractivity contribution in [2.24, 2.45) is 0 Å². The van der Waals surface area contributed by atoms with E-state index < -0.39 is 17.5 Å². The molecule has 1 N–H and O–H groups in total. The van der Waals surface area contributed by atoms with Gasteiger partial charge in [-0.3, -0.25) is 14.5 Å². The molecule has 0 radical (unpaired) electrons. The predicted octanol–water partition coefficient (Wildman–Crippen LogP) is 5.55. The van der Waals surface area contributed by atoms with Crippen LogP contribution in [0.5, 0.6) is 0 Å². The molecule has 0 spiro atoms. The number of carbonyl (C=O) groups is 3. The van der Waals surface area contributed by atoms with Crippen molar-refractivity contribution in [3.8, 4) is 5.69 Å². The van der Waals surface area contributed by atoms with E-state index in [1.165, 1.54) is 0 Å². The minimum Gasteiger partial charge on any atom is -0.319 e. The fourth-order valence-electron chi connectivity index (χ4n) is 4.95. The maximum Gasteiger partial charge on any atom is 0.325 e. The van der Waals surface area contributed by atoms with Crippen LogP contribution in [0.2, 0.25) is 5.02 Å². The minimum absolute atomic E-state index is 0.302. The van der Waals surface area contributed by atoms with Gasteiger partial charge in [-0.05, 0) is 67.4 Å². The summed E-state index contributed by atoms with van der Waals surface area (Å²) in [6, 6.07) is 21.9. The van der Waals surface area contributed by atoms with Gasteiger partial charge in [0, 0.05) is 27.7 Å². The van der Waals surface area contributed by atoms with Gasteiger partial charge >= 0.3 is 6.03 Å². The Morgan fingerprint density at radius 2 is 1.66 bits per heavy atom. The van der Waals surface area contributed by atoms with Crippen molar-refractivity contribution < 1.29 is 14.4 Å². The number of ketones is 1. The van der Waals surface area contributed by atoms with Crippen LogP contribution in [0.3, 0.4) is 0 Å². The number of halogens is 1. The van der Waals surface area contributed by atoms with Gasteiger partial charge in [-0.15, -0.1) is 0 Å². The van der Waals surface area contributed by atoms with E-state index in [9.17, 15) is 14.4 Å². The van der Waals surface area contributed by atoms with E-state index in [-0.39, 0.29) is 12.3 Å². The number of benzene rings is 3. The molecular weight excluding hydrogens is 462 g/mol. The van der Waals surface area contributed by atoms with E-state index in [2.05, 4.69) is 5.32 Å². The van der Waals surface area contributed by atoms with Gasteiger partial charge < -0.3 is 9.88 Å².